The summed E-state index contributed by atoms with van der Waals surface area (Å²) in [6.07, 6.45) is 3.75. The highest BCUT2D eigenvalue weighted by atomic mass is 32.2. The fourth-order valence-electron chi connectivity index (χ4n) is 6.37. The van der Waals surface area contributed by atoms with Crippen LogP contribution in [0.1, 0.15) is 66.2 Å². The number of hydrogen-bond donors (Lipinski definition) is 2. The Morgan fingerprint density at radius 3 is 2.48 bits per heavy atom. The molecule has 0 radical (unpaired) electrons. The summed E-state index contributed by atoms with van der Waals surface area (Å²) in [5.74, 6) is -2.56. The van der Waals surface area contributed by atoms with Crippen LogP contribution in [0.5, 0.6) is 0 Å². The third-order valence-corrected chi connectivity index (χ3v) is 10.7. The minimum Gasteiger partial charge on any atom is -0.448 e. The number of anilines is 2. The van der Waals surface area contributed by atoms with Crippen LogP contribution >= 0.6 is 0 Å². The molecule has 6 rings (SSSR count). The number of carbonyl (C=O) groups excluding carboxylic acids is 2. The van der Waals surface area contributed by atoms with Crippen molar-refractivity contribution in [1.82, 2.24) is 19.0 Å². The first kappa shape index (κ1) is 34.0. The molecule has 258 valence electrons. The van der Waals surface area contributed by atoms with E-state index in [0.29, 0.717) is 42.6 Å². The van der Waals surface area contributed by atoms with Crippen molar-refractivity contribution >= 4 is 33.5 Å². The molecule has 48 heavy (non-hydrogen) atoms. The van der Waals surface area contributed by atoms with Crippen molar-refractivity contribution in [3.8, 4) is 0 Å². The van der Waals surface area contributed by atoms with E-state index < -0.39 is 38.6 Å². The van der Waals surface area contributed by atoms with Gasteiger partial charge in [-0.25, -0.2) is 22.0 Å². The molecule has 12 nitrogen and oxygen atoms in total. The Morgan fingerprint density at radius 2 is 1.77 bits per heavy atom. The second-order valence-corrected chi connectivity index (χ2v) is 14.3. The molecule has 2 aromatic carbocycles. The average molecular weight is 687 g/mol. The molecule has 3 aliphatic heterocycles. The number of fused-ring (bicyclic) bond motifs is 1. The topological polar surface area (TPSA) is 135 Å². The number of sulfonamides is 1. The summed E-state index contributed by atoms with van der Waals surface area (Å²) < 4.78 is 67.9. The van der Waals surface area contributed by atoms with Crippen molar-refractivity contribution in [2.75, 3.05) is 50.1 Å². The lowest BCUT2D eigenvalue weighted by Crippen LogP contribution is -2.37. The van der Waals surface area contributed by atoms with Gasteiger partial charge >= 0.3 is 6.09 Å². The van der Waals surface area contributed by atoms with Crippen molar-refractivity contribution in [3.05, 3.63) is 70.4 Å². The molecule has 0 spiro atoms. The number of carbonyl (C=O) groups is 2. The van der Waals surface area contributed by atoms with Crippen molar-refractivity contribution in [1.29, 1.82) is 0 Å². The van der Waals surface area contributed by atoms with E-state index in [0.717, 1.165) is 72.0 Å². The number of hydrogen-bond acceptors (Lipinski definition) is 9. The Labute approximate surface area is 278 Å². The van der Waals surface area contributed by atoms with Crippen LogP contribution in [0, 0.1) is 11.6 Å². The van der Waals surface area contributed by atoms with Gasteiger partial charge in [0.1, 0.15) is 11.6 Å². The zero-order chi connectivity index (χ0) is 33.8. The van der Waals surface area contributed by atoms with Gasteiger partial charge in [-0.1, -0.05) is 13.0 Å². The Bertz CT molecular complexity index is 1750. The van der Waals surface area contributed by atoms with E-state index in [1.54, 1.807) is 6.07 Å². The number of nitrogens with zero attached hydrogens (tertiary/aromatic N) is 4. The summed E-state index contributed by atoms with van der Waals surface area (Å²) in [6.45, 7) is 5.66. The maximum Gasteiger partial charge on any atom is 0.435 e. The van der Waals surface area contributed by atoms with Gasteiger partial charge in [0, 0.05) is 62.6 Å². The molecule has 1 amide bonds. The monoisotopic (exact) mass is 686 g/mol. The highest BCUT2D eigenvalue weighted by Gasteiger charge is 2.35. The second kappa shape index (κ2) is 14.7. The molecule has 1 aromatic heterocycles. The summed E-state index contributed by atoms with van der Waals surface area (Å²) in [7, 11) is -4.35. The molecule has 0 unspecified atom stereocenters. The van der Waals surface area contributed by atoms with Crippen LogP contribution in [0.25, 0.3) is 0 Å². The number of aromatic nitrogens is 2. The van der Waals surface area contributed by atoms with Crippen molar-refractivity contribution in [2.45, 2.75) is 69.5 Å². The fourth-order valence-corrected chi connectivity index (χ4v) is 7.82. The highest BCUT2D eigenvalue weighted by Crippen LogP contribution is 2.32. The zero-order valence-electron chi connectivity index (χ0n) is 26.8. The quantitative estimate of drug-likeness (QED) is 0.310. The lowest BCUT2D eigenvalue weighted by atomic mass is 10.0. The molecule has 2 fully saturated rings. The van der Waals surface area contributed by atoms with Gasteiger partial charge < -0.3 is 20.1 Å². The van der Waals surface area contributed by atoms with Gasteiger partial charge in [-0.15, -0.1) is 5.10 Å². The number of benzene rings is 2. The predicted octanol–water partition coefficient (Wildman–Crippen LogP) is 4.74. The fraction of sp³-hybridized carbons (Fsp3) is 0.485. The Kier molecular flexibility index (Phi) is 10.4. The maximum absolute atomic E-state index is 14.0. The van der Waals surface area contributed by atoms with Gasteiger partial charge in [-0.2, -0.15) is 8.99 Å². The van der Waals surface area contributed by atoms with E-state index in [2.05, 4.69) is 20.6 Å². The Hall–Kier alpha value is -3.92. The molecule has 0 atom stereocenters. The number of likely N-dealkylation sites (tertiary alicyclic amines) is 1. The zero-order valence-corrected chi connectivity index (χ0v) is 27.7. The lowest BCUT2D eigenvalue weighted by Gasteiger charge is -2.27. The normalized spacial score (nSPS) is 17.6. The van der Waals surface area contributed by atoms with Crippen molar-refractivity contribution < 1.29 is 36.3 Å². The SMILES string of the molecule is CCCOC(=O)n1nc(NC(=O)c2ccc(CN3CCCC3)cc2NC2CCOCC2)c2c1CCN(S(=O)(=O)c1cc(F)cc(F)c1)C2. The molecule has 2 saturated heterocycles. The van der Waals surface area contributed by atoms with Crippen LogP contribution in [0.2, 0.25) is 0 Å². The van der Waals surface area contributed by atoms with E-state index >= 15 is 0 Å². The molecule has 15 heteroatoms. The maximum atomic E-state index is 14.0. The minimum absolute atomic E-state index is 0.00747. The van der Waals surface area contributed by atoms with Crippen LogP contribution < -0.4 is 10.6 Å². The molecule has 0 saturated carbocycles. The number of halogens is 2. The van der Waals surface area contributed by atoms with E-state index in [1.807, 2.05) is 19.1 Å². The minimum atomic E-state index is -4.35. The predicted molar refractivity (Wildman–Crippen MR) is 173 cm³/mol. The molecule has 0 aliphatic carbocycles. The van der Waals surface area contributed by atoms with Crippen LogP contribution in [-0.2, 0) is 39.0 Å². The molecular weight excluding hydrogens is 646 g/mol. The number of rotatable bonds is 10. The first-order chi connectivity index (χ1) is 23.1. The Morgan fingerprint density at radius 1 is 1.04 bits per heavy atom. The van der Waals surface area contributed by atoms with Gasteiger partial charge in [0.25, 0.3) is 5.91 Å². The molecule has 2 N–H and O–H groups in total. The van der Waals surface area contributed by atoms with Gasteiger partial charge in [0.2, 0.25) is 10.0 Å². The van der Waals surface area contributed by atoms with Crippen molar-refractivity contribution in [3.63, 3.8) is 0 Å². The second-order valence-electron chi connectivity index (χ2n) is 12.3. The van der Waals surface area contributed by atoms with Crippen LogP contribution in [0.3, 0.4) is 0 Å². The molecule has 0 bridgehead atoms. The molecule has 4 heterocycles. The van der Waals surface area contributed by atoms with Crippen LogP contribution in [0.4, 0.5) is 25.1 Å². The first-order valence-electron chi connectivity index (χ1n) is 16.4. The summed E-state index contributed by atoms with van der Waals surface area (Å²) in [4.78, 5) is 28.8. The van der Waals surface area contributed by atoms with Crippen LogP contribution in [-0.4, -0.2) is 84.9 Å². The standard InChI is InChI=1S/C33H40F2N6O6S/c1-2-13-47-33(43)41-30-7-12-40(48(44,45)26-18-23(34)17-24(35)19-26)21-28(30)31(38-41)37-32(42)27-6-5-22(20-39-10-3-4-11-39)16-29(27)36-25-8-14-46-15-9-25/h5-6,16-19,25,36H,2-4,7-15,20-21H2,1H3,(H,37,38,42). The van der Waals surface area contributed by atoms with Gasteiger partial charge in [0.15, 0.2) is 5.82 Å². The highest BCUT2D eigenvalue weighted by molar-refractivity contribution is 7.89. The summed E-state index contributed by atoms with van der Waals surface area (Å²) in [5.41, 5.74) is 2.75. The average Bonchev–Trinajstić information content (AvgIpc) is 3.71. The number of nitrogens with one attached hydrogen (secondary N) is 2. The smallest absolute Gasteiger partial charge is 0.435 e. The largest absolute Gasteiger partial charge is 0.448 e. The third-order valence-electron chi connectivity index (χ3n) is 8.85. The van der Waals surface area contributed by atoms with E-state index in [1.165, 1.54) is 0 Å². The van der Waals surface area contributed by atoms with E-state index in [4.69, 9.17) is 9.47 Å². The van der Waals surface area contributed by atoms with E-state index in [9.17, 15) is 26.8 Å². The summed E-state index contributed by atoms with van der Waals surface area (Å²) >= 11 is 0. The van der Waals surface area contributed by atoms with Gasteiger partial charge in [-0.05, 0) is 75.0 Å². The van der Waals surface area contributed by atoms with E-state index in [-0.39, 0.29) is 43.5 Å². The van der Waals surface area contributed by atoms with Gasteiger partial charge in [0.05, 0.1) is 22.8 Å². The molecule has 3 aliphatic rings. The number of amides is 1. The lowest BCUT2D eigenvalue weighted by molar-refractivity contribution is 0.0904. The van der Waals surface area contributed by atoms with Gasteiger partial charge in [-0.3, -0.25) is 9.69 Å². The van der Waals surface area contributed by atoms with Crippen LogP contribution in [0.15, 0.2) is 41.3 Å². The Balaban J connectivity index is 1.31. The third kappa shape index (κ3) is 7.53. The number of ether oxygens (including phenoxy) is 2. The first-order valence-corrected chi connectivity index (χ1v) is 17.8. The molecule has 3 aromatic rings. The summed E-state index contributed by atoms with van der Waals surface area (Å²) in [5, 5.41) is 10.7. The molecular formula is C33H40F2N6O6S. The van der Waals surface area contributed by atoms with Crippen molar-refractivity contribution in [2.24, 2.45) is 0 Å². The summed E-state index contributed by atoms with van der Waals surface area (Å²) in [6, 6.07) is 7.88.